The number of fused-ring (bicyclic) bond motifs is 3. The van der Waals surface area contributed by atoms with E-state index in [1.807, 2.05) is 48.5 Å². The number of nitrogens with one attached hydrogen (secondary N) is 1. The average Bonchev–Trinajstić information content (AvgIpc) is 3.29. The lowest BCUT2D eigenvalue weighted by Gasteiger charge is -2.44. The van der Waals surface area contributed by atoms with Crippen LogP contribution < -0.4 is 5.32 Å². The van der Waals surface area contributed by atoms with Gasteiger partial charge in [-0.25, -0.2) is 14.4 Å². The molecular weight excluding hydrogens is 562 g/mol. The minimum Gasteiger partial charge on any atom is -0.479 e. The molecule has 2 aromatic carbocycles. The lowest BCUT2D eigenvalue weighted by molar-refractivity contribution is -0.334. The minimum absolute atomic E-state index is 0.102. The number of amides is 1. The maximum absolute atomic E-state index is 12.7. The van der Waals surface area contributed by atoms with E-state index in [4.69, 9.17) is 18.9 Å². The summed E-state index contributed by atoms with van der Waals surface area (Å²) in [7, 11) is 0. The van der Waals surface area contributed by atoms with Crippen LogP contribution >= 0.6 is 0 Å². The normalized spacial score (nSPS) is 34.2. The molecule has 1 amide bonds. The standard InChI is InChI=1S/C27H29NO14/c29-15-16(30)21(24(34)35)42-26(19(15)33)41-20-17(31)18(32)23(40-22(20)25(36)37)28-27(38)39-9-14-12-7-3-1-5-10(12)11-6-2-4-8-13(11)14/h1-8,14-23,26,29-33H,9H2,(H,28,38)(H,34,35)(H,36,37)/t15-,16+,17+,18+,19+,20-,21-,22-,23+,26+/m0/s1. The fourth-order valence-corrected chi connectivity index (χ4v) is 5.41. The van der Waals surface area contributed by atoms with Crippen LogP contribution in [0.1, 0.15) is 17.0 Å². The zero-order chi connectivity index (χ0) is 30.3. The van der Waals surface area contributed by atoms with Gasteiger partial charge in [-0.05, 0) is 22.3 Å². The first kappa shape index (κ1) is 29.8. The molecule has 10 atom stereocenters. The molecule has 8 N–H and O–H groups in total. The van der Waals surface area contributed by atoms with Gasteiger partial charge >= 0.3 is 18.0 Å². The van der Waals surface area contributed by atoms with Crippen LogP contribution in [-0.2, 0) is 28.5 Å². The summed E-state index contributed by atoms with van der Waals surface area (Å²) in [5.41, 5.74) is 3.87. The van der Waals surface area contributed by atoms with Gasteiger partial charge in [0.25, 0.3) is 0 Å². The maximum atomic E-state index is 12.7. The van der Waals surface area contributed by atoms with E-state index in [0.717, 1.165) is 22.3 Å². The van der Waals surface area contributed by atoms with Crippen LogP contribution in [0.3, 0.4) is 0 Å². The molecule has 0 saturated carbocycles. The molecule has 42 heavy (non-hydrogen) atoms. The summed E-state index contributed by atoms with van der Waals surface area (Å²) in [6, 6.07) is 15.2. The monoisotopic (exact) mass is 591 g/mol. The fourth-order valence-electron chi connectivity index (χ4n) is 5.41. The second kappa shape index (κ2) is 11.9. The van der Waals surface area contributed by atoms with Gasteiger partial charge in [0.1, 0.15) is 43.2 Å². The molecule has 1 aliphatic carbocycles. The van der Waals surface area contributed by atoms with Crippen molar-refractivity contribution >= 4 is 18.0 Å². The molecule has 0 radical (unpaired) electrons. The third-order valence-electron chi connectivity index (χ3n) is 7.54. The Kier molecular flexibility index (Phi) is 8.45. The number of rotatable bonds is 7. The van der Waals surface area contributed by atoms with Crippen LogP contribution in [0.5, 0.6) is 0 Å². The van der Waals surface area contributed by atoms with Gasteiger partial charge in [0.05, 0.1) is 0 Å². The first-order valence-electron chi connectivity index (χ1n) is 12.9. The molecular formula is C27H29NO14. The van der Waals surface area contributed by atoms with Crippen molar-refractivity contribution in [2.45, 2.75) is 67.3 Å². The molecule has 3 aliphatic rings. The van der Waals surface area contributed by atoms with Crippen molar-refractivity contribution in [2.75, 3.05) is 6.61 Å². The third kappa shape index (κ3) is 5.44. The largest absolute Gasteiger partial charge is 0.479 e. The number of benzene rings is 2. The molecule has 5 rings (SSSR count). The van der Waals surface area contributed by atoms with Crippen LogP contribution in [0.2, 0.25) is 0 Å². The molecule has 15 nitrogen and oxygen atoms in total. The Hall–Kier alpha value is -3.67. The van der Waals surface area contributed by atoms with Gasteiger partial charge < -0.3 is 54.7 Å². The number of hydrogen-bond acceptors (Lipinski definition) is 12. The number of aliphatic hydroxyl groups excluding tert-OH is 5. The van der Waals surface area contributed by atoms with Gasteiger partial charge in [-0.2, -0.15) is 0 Å². The van der Waals surface area contributed by atoms with E-state index in [2.05, 4.69) is 5.32 Å². The number of carboxylic acid groups (broad SMARTS) is 2. The molecule has 0 aromatic heterocycles. The number of alkyl carbamates (subject to hydrolysis) is 1. The Morgan fingerprint density at radius 3 is 1.86 bits per heavy atom. The first-order chi connectivity index (χ1) is 20.0. The van der Waals surface area contributed by atoms with Crippen LogP contribution in [0.25, 0.3) is 11.1 Å². The van der Waals surface area contributed by atoms with Crippen molar-refractivity contribution in [3.63, 3.8) is 0 Å². The number of carbonyl (C=O) groups excluding carboxylic acids is 1. The summed E-state index contributed by atoms with van der Waals surface area (Å²) in [6.07, 6.45) is -21.3. The SMILES string of the molecule is O=C(N[C@@H]1O[C@H](C(=O)O)[C@@H](O[C@@H]2O[C@H](C(=O)O)[C@H](O)[C@H](O)[C@H]2O)[C@H](O)[C@H]1O)OCC1c2ccccc2-c2ccccc21. The van der Waals surface area contributed by atoms with E-state index >= 15 is 0 Å². The molecule has 2 aliphatic heterocycles. The number of carboxylic acids is 2. The molecule has 0 bridgehead atoms. The van der Waals surface area contributed by atoms with Crippen LogP contribution in [0.4, 0.5) is 4.79 Å². The number of carbonyl (C=O) groups is 3. The maximum Gasteiger partial charge on any atom is 0.409 e. The highest BCUT2D eigenvalue weighted by Gasteiger charge is 2.54. The molecule has 2 fully saturated rings. The predicted octanol–water partition coefficient (Wildman–Crippen LogP) is -1.67. The van der Waals surface area contributed by atoms with Gasteiger partial charge in [-0.15, -0.1) is 0 Å². The van der Waals surface area contributed by atoms with E-state index in [1.165, 1.54) is 0 Å². The van der Waals surface area contributed by atoms with Crippen LogP contribution in [0, 0.1) is 0 Å². The molecule has 2 aromatic rings. The average molecular weight is 592 g/mol. The predicted molar refractivity (Wildman–Crippen MR) is 136 cm³/mol. The summed E-state index contributed by atoms with van der Waals surface area (Å²) in [4.78, 5) is 36.0. The topological polar surface area (TPSA) is 242 Å². The summed E-state index contributed by atoms with van der Waals surface area (Å²) in [6.45, 7) is -0.102. The first-order valence-corrected chi connectivity index (χ1v) is 12.9. The van der Waals surface area contributed by atoms with Crippen molar-refractivity contribution < 1.29 is 69.1 Å². The van der Waals surface area contributed by atoms with Gasteiger partial charge in [0, 0.05) is 5.92 Å². The number of ether oxygens (including phenoxy) is 4. The number of aliphatic hydroxyl groups is 5. The number of aliphatic carboxylic acids is 2. The van der Waals surface area contributed by atoms with Crippen LogP contribution in [0.15, 0.2) is 48.5 Å². The van der Waals surface area contributed by atoms with Crippen molar-refractivity contribution in [1.29, 1.82) is 0 Å². The molecule has 226 valence electrons. The van der Waals surface area contributed by atoms with Gasteiger partial charge in [0.15, 0.2) is 24.7 Å². The zero-order valence-electron chi connectivity index (χ0n) is 21.7. The Balaban J connectivity index is 1.25. The van der Waals surface area contributed by atoms with Gasteiger partial charge in [-0.3, -0.25) is 5.32 Å². The highest BCUT2D eigenvalue weighted by atomic mass is 16.7. The Labute approximate surface area is 237 Å². The summed E-state index contributed by atoms with van der Waals surface area (Å²) < 4.78 is 20.9. The van der Waals surface area contributed by atoms with Crippen molar-refractivity contribution in [2.24, 2.45) is 0 Å². The van der Waals surface area contributed by atoms with Gasteiger partial charge in [0.2, 0.25) is 0 Å². The Bertz CT molecular complexity index is 1290. The summed E-state index contributed by atoms with van der Waals surface area (Å²) >= 11 is 0. The lowest BCUT2D eigenvalue weighted by atomic mass is 9.96. The fraction of sp³-hybridized carbons (Fsp3) is 0.444. The van der Waals surface area contributed by atoms with Crippen molar-refractivity contribution in [3.8, 4) is 11.1 Å². The van der Waals surface area contributed by atoms with E-state index in [1.54, 1.807) is 0 Å². The Morgan fingerprint density at radius 2 is 1.29 bits per heavy atom. The van der Waals surface area contributed by atoms with E-state index in [0.29, 0.717) is 0 Å². The lowest BCUT2D eigenvalue weighted by Crippen LogP contribution is -2.67. The highest BCUT2D eigenvalue weighted by molar-refractivity contribution is 5.79. The summed E-state index contributed by atoms with van der Waals surface area (Å²) in [5.74, 6) is -3.73. The van der Waals surface area contributed by atoms with E-state index in [-0.39, 0.29) is 12.5 Å². The Morgan fingerprint density at radius 1 is 0.714 bits per heavy atom. The number of hydrogen-bond donors (Lipinski definition) is 8. The summed E-state index contributed by atoms with van der Waals surface area (Å²) in [5, 5.41) is 72.4. The third-order valence-corrected chi connectivity index (χ3v) is 7.54. The molecule has 15 heteroatoms. The van der Waals surface area contributed by atoms with Gasteiger partial charge in [-0.1, -0.05) is 48.5 Å². The smallest absolute Gasteiger partial charge is 0.409 e. The quantitative estimate of drug-likeness (QED) is 0.180. The van der Waals surface area contributed by atoms with Crippen LogP contribution in [-0.4, -0.2) is 122 Å². The van der Waals surface area contributed by atoms with E-state index in [9.17, 15) is 50.1 Å². The van der Waals surface area contributed by atoms with Crippen molar-refractivity contribution in [3.05, 3.63) is 59.7 Å². The molecule has 0 spiro atoms. The highest BCUT2D eigenvalue weighted by Crippen LogP contribution is 2.44. The van der Waals surface area contributed by atoms with E-state index < -0.39 is 79.4 Å². The molecule has 0 unspecified atom stereocenters. The second-order valence-electron chi connectivity index (χ2n) is 10.1. The molecule has 2 heterocycles. The molecule has 2 saturated heterocycles. The van der Waals surface area contributed by atoms with Crippen molar-refractivity contribution in [1.82, 2.24) is 5.32 Å². The second-order valence-corrected chi connectivity index (χ2v) is 10.1. The minimum atomic E-state index is -2.08. The zero-order valence-corrected chi connectivity index (χ0v) is 21.7.